The Balaban J connectivity index is 2.62. The van der Waals surface area contributed by atoms with E-state index < -0.39 is 0 Å². The molecule has 4 nitrogen and oxygen atoms in total. The normalized spacial score (nSPS) is 11.3. The molecular formula is C12H14Cl2N4. The van der Waals surface area contributed by atoms with Crippen molar-refractivity contribution in [1.82, 2.24) is 19.7 Å². The van der Waals surface area contributed by atoms with E-state index in [0.29, 0.717) is 21.8 Å². The third-order valence-electron chi connectivity index (χ3n) is 2.65. The maximum absolute atomic E-state index is 6.13. The van der Waals surface area contributed by atoms with Crippen LogP contribution in [0.2, 0.25) is 10.2 Å². The van der Waals surface area contributed by atoms with Gasteiger partial charge in [-0.1, -0.05) is 37.0 Å². The van der Waals surface area contributed by atoms with Crippen molar-refractivity contribution in [2.24, 2.45) is 0 Å². The maximum Gasteiger partial charge on any atom is 0.161 e. The molecule has 0 aliphatic rings. The molecule has 0 radical (unpaired) electrons. The fraction of sp³-hybridized carbons (Fsp3) is 0.417. The summed E-state index contributed by atoms with van der Waals surface area (Å²) >= 11 is 12.1. The van der Waals surface area contributed by atoms with Crippen molar-refractivity contribution in [1.29, 1.82) is 0 Å². The minimum absolute atomic E-state index is 0.203. The standard InChI is InChI=1S/C12H14Cl2N4/c1-6(2)11-15-10(14)7(3)12(16-11)18-5-9(13)8(4)17-18/h5-6H,1-4H3. The summed E-state index contributed by atoms with van der Waals surface area (Å²) in [5, 5.41) is 5.38. The third kappa shape index (κ3) is 2.35. The second-order valence-corrected chi connectivity index (χ2v) is 5.25. The molecular weight excluding hydrogens is 271 g/mol. The molecule has 96 valence electrons. The van der Waals surface area contributed by atoms with E-state index >= 15 is 0 Å². The van der Waals surface area contributed by atoms with Crippen LogP contribution >= 0.6 is 23.2 Å². The molecule has 0 aromatic carbocycles. The zero-order chi connectivity index (χ0) is 13.4. The smallest absolute Gasteiger partial charge is 0.161 e. The Kier molecular flexibility index (Phi) is 3.59. The summed E-state index contributed by atoms with van der Waals surface area (Å²) in [4.78, 5) is 8.77. The van der Waals surface area contributed by atoms with E-state index in [4.69, 9.17) is 23.2 Å². The van der Waals surface area contributed by atoms with Gasteiger partial charge in [-0.2, -0.15) is 5.10 Å². The number of halogens is 2. The van der Waals surface area contributed by atoms with Gasteiger partial charge in [0, 0.05) is 11.5 Å². The third-order valence-corrected chi connectivity index (χ3v) is 3.39. The molecule has 0 N–H and O–H groups in total. The van der Waals surface area contributed by atoms with Crippen LogP contribution in [0.25, 0.3) is 5.82 Å². The second-order valence-electron chi connectivity index (χ2n) is 4.48. The number of hydrogen-bond acceptors (Lipinski definition) is 3. The van der Waals surface area contributed by atoms with Crippen LogP contribution in [-0.2, 0) is 0 Å². The molecule has 0 bridgehead atoms. The van der Waals surface area contributed by atoms with E-state index in [2.05, 4.69) is 15.1 Å². The van der Waals surface area contributed by atoms with Crippen LogP contribution in [0.5, 0.6) is 0 Å². The summed E-state index contributed by atoms with van der Waals surface area (Å²) in [7, 11) is 0. The van der Waals surface area contributed by atoms with Crippen LogP contribution in [0.4, 0.5) is 0 Å². The van der Waals surface area contributed by atoms with E-state index in [1.54, 1.807) is 10.9 Å². The molecule has 0 amide bonds. The molecule has 18 heavy (non-hydrogen) atoms. The second kappa shape index (κ2) is 4.86. The number of aryl methyl sites for hydroxylation is 1. The molecule has 6 heteroatoms. The van der Waals surface area contributed by atoms with Gasteiger partial charge in [-0.15, -0.1) is 0 Å². The topological polar surface area (TPSA) is 43.6 Å². The van der Waals surface area contributed by atoms with Gasteiger partial charge in [0.1, 0.15) is 11.0 Å². The van der Waals surface area contributed by atoms with E-state index in [-0.39, 0.29) is 5.92 Å². The van der Waals surface area contributed by atoms with Crippen LogP contribution in [0.1, 0.15) is 36.8 Å². The zero-order valence-corrected chi connectivity index (χ0v) is 12.2. The van der Waals surface area contributed by atoms with E-state index in [1.165, 1.54) is 0 Å². The van der Waals surface area contributed by atoms with E-state index in [9.17, 15) is 0 Å². The first kappa shape index (κ1) is 13.3. The Morgan fingerprint density at radius 3 is 2.33 bits per heavy atom. The van der Waals surface area contributed by atoms with Gasteiger partial charge in [-0.05, 0) is 13.8 Å². The van der Waals surface area contributed by atoms with Gasteiger partial charge < -0.3 is 0 Å². The van der Waals surface area contributed by atoms with Crippen molar-refractivity contribution >= 4 is 23.2 Å². The minimum atomic E-state index is 0.203. The van der Waals surface area contributed by atoms with Gasteiger partial charge in [0.25, 0.3) is 0 Å². The molecule has 0 atom stereocenters. The number of aromatic nitrogens is 4. The SMILES string of the molecule is Cc1nn(-c2nc(C(C)C)nc(Cl)c2C)cc1Cl. The van der Waals surface area contributed by atoms with Crippen LogP contribution in [-0.4, -0.2) is 19.7 Å². The first-order valence-corrected chi connectivity index (χ1v) is 6.42. The molecule has 2 rings (SSSR count). The molecule has 0 spiro atoms. The quantitative estimate of drug-likeness (QED) is 0.790. The molecule has 0 saturated heterocycles. The highest BCUT2D eigenvalue weighted by atomic mass is 35.5. The van der Waals surface area contributed by atoms with E-state index in [1.807, 2.05) is 27.7 Å². The van der Waals surface area contributed by atoms with Crippen molar-refractivity contribution < 1.29 is 0 Å². The minimum Gasteiger partial charge on any atom is -0.220 e. The Bertz CT molecular complexity index is 571. The molecule has 0 aliphatic carbocycles. The van der Waals surface area contributed by atoms with E-state index in [0.717, 1.165) is 11.3 Å². The molecule has 0 fully saturated rings. The lowest BCUT2D eigenvalue weighted by molar-refractivity contribution is 0.737. The summed E-state index contributed by atoms with van der Waals surface area (Å²) in [6, 6.07) is 0. The highest BCUT2D eigenvalue weighted by Gasteiger charge is 2.15. The van der Waals surface area contributed by atoms with Crippen LogP contribution in [0.15, 0.2) is 6.20 Å². The fourth-order valence-electron chi connectivity index (χ4n) is 1.52. The molecule has 0 saturated carbocycles. The molecule has 0 unspecified atom stereocenters. The fourth-order valence-corrected chi connectivity index (χ4v) is 1.82. The van der Waals surface area contributed by atoms with Crippen molar-refractivity contribution in [3.63, 3.8) is 0 Å². The Hall–Kier alpha value is -1.13. The predicted octanol–water partition coefficient (Wildman–Crippen LogP) is 3.71. The number of nitrogens with zero attached hydrogens (tertiary/aromatic N) is 4. The lowest BCUT2D eigenvalue weighted by atomic mass is 10.2. The molecule has 0 aliphatic heterocycles. The van der Waals surface area contributed by atoms with Crippen molar-refractivity contribution in [2.75, 3.05) is 0 Å². The lowest BCUT2D eigenvalue weighted by Gasteiger charge is -2.10. The first-order valence-electron chi connectivity index (χ1n) is 5.66. The highest BCUT2D eigenvalue weighted by Crippen LogP contribution is 2.23. The lowest BCUT2D eigenvalue weighted by Crippen LogP contribution is -2.08. The zero-order valence-electron chi connectivity index (χ0n) is 10.7. The Morgan fingerprint density at radius 1 is 1.17 bits per heavy atom. The van der Waals surface area contributed by atoms with Gasteiger partial charge in [0.2, 0.25) is 0 Å². The van der Waals surface area contributed by atoms with Crippen molar-refractivity contribution in [2.45, 2.75) is 33.6 Å². The monoisotopic (exact) mass is 284 g/mol. The van der Waals surface area contributed by atoms with Crippen LogP contribution < -0.4 is 0 Å². The summed E-state index contributed by atoms with van der Waals surface area (Å²) in [6.45, 7) is 7.76. The van der Waals surface area contributed by atoms with Crippen molar-refractivity contribution in [3.8, 4) is 5.82 Å². The van der Waals surface area contributed by atoms with Crippen LogP contribution in [0.3, 0.4) is 0 Å². The molecule has 2 aromatic heterocycles. The number of rotatable bonds is 2. The average Bonchev–Trinajstić information content (AvgIpc) is 2.62. The Labute approximate surface area is 116 Å². The maximum atomic E-state index is 6.13. The summed E-state index contributed by atoms with van der Waals surface area (Å²) < 4.78 is 1.65. The van der Waals surface area contributed by atoms with Crippen molar-refractivity contribution in [3.05, 3.63) is 33.5 Å². The molecule has 2 heterocycles. The van der Waals surface area contributed by atoms with Gasteiger partial charge in [-0.25, -0.2) is 14.6 Å². The average molecular weight is 285 g/mol. The molecule has 2 aromatic rings. The van der Waals surface area contributed by atoms with Gasteiger partial charge >= 0.3 is 0 Å². The largest absolute Gasteiger partial charge is 0.220 e. The number of hydrogen-bond donors (Lipinski definition) is 0. The van der Waals surface area contributed by atoms with Gasteiger partial charge in [-0.3, -0.25) is 0 Å². The predicted molar refractivity (Wildman–Crippen MR) is 72.7 cm³/mol. The van der Waals surface area contributed by atoms with Gasteiger partial charge in [0.15, 0.2) is 5.82 Å². The van der Waals surface area contributed by atoms with Crippen LogP contribution in [0, 0.1) is 13.8 Å². The van der Waals surface area contributed by atoms with Gasteiger partial charge in [0.05, 0.1) is 16.9 Å². The first-order chi connectivity index (χ1) is 8.40. The Morgan fingerprint density at radius 2 is 1.83 bits per heavy atom. The highest BCUT2D eigenvalue weighted by molar-refractivity contribution is 6.31. The summed E-state index contributed by atoms with van der Waals surface area (Å²) in [5.74, 6) is 1.58. The summed E-state index contributed by atoms with van der Waals surface area (Å²) in [6.07, 6.45) is 1.73. The summed E-state index contributed by atoms with van der Waals surface area (Å²) in [5.41, 5.74) is 1.55.